The van der Waals surface area contributed by atoms with Crippen molar-refractivity contribution in [3.05, 3.63) is 11.6 Å². The average molecular weight is 278 g/mol. The van der Waals surface area contributed by atoms with Crippen LogP contribution in [0.25, 0.3) is 0 Å². The van der Waals surface area contributed by atoms with Gasteiger partial charge in [0, 0.05) is 0 Å². The lowest BCUT2D eigenvalue weighted by Gasteiger charge is -2.23. The molecule has 0 aliphatic carbocycles. The molecule has 0 saturated carbocycles. The zero-order valence-electron chi connectivity index (χ0n) is 11.8. The molecule has 0 bridgehead atoms. The van der Waals surface area contributed by atoms with Gasteiger partial charge in [0.1, 0.15) is 0 Å². The van der Waals surface area contributed by atoms with Crippen LogP contribution >= 0.6 is 7.60 Å². The van der Waals surface area contributed by atoms with Gasteiger partial charge in [-0.1, -0.05) is 11.6 Å². The highest BCUT2D eigenvalue weighted by atomic mass is 31.2. The molecular weight excluding hydrogens is 255 g/mol. The summed E-state index contributed by atoms with van der Waals surface area (Å²) in [6, 6.07) is 0. The largest absolute Gasteiger partial charge is 0.465 e. The average Bonchev–Trinajstić information content (AvgIpc) is 2.26. The lowest BCUT2D eigenvalue weighted by Crippen LogP contribution is -2.24. The van der Waals surface area contributed by atoms with Gasteiger partial charge in [-0.15, -0.1) is 0 Å². The highest BCUT2D eigenvalue weighted by Gasteiger charge is 2.40. The fourth-order valence-electron chi connectivity index (χ4n) is 1.39. The van der Waals surface area contributed by atoms with Gasteiger partial charge in [0.15, 0.2) is 5.66 Å². The van der Waals surface area contributed by atoms with E-state index in [0.29, 0.717) is 0 Å². The third kappa shape index (κ3) is 5.34. The van der Waals surface area contributed by atoms with Crippen molar-refractivity contribution in [1.29, 1.82) is 0 Å². The first-order chi connectivity index (χ1) is 8.41. The van der Waals surface area contributed by atoms with Crippen LogP contribution in [0.3, 0.4) is 0 Å². The molecule has 0 aromatic carbocycles. The number of esters is 1. The van der Waals surface area contributed by atoms with Crippen LogP contribution in [0.15, 0.2) is 11.6 Å². The summed E-state index contributed by atoms with van der Waals surface area (Å²) in [5.74, 6) is -0.580. The number of carbonyl (C=O) groups is 1. The first-order valence-corrected chi connectivity index (χ1v) is 7.72. The lowest BCUT2D eigenvalue weighted by molar-refractivity contribution is -0.142. The Morgan fingerprint density at radius 3 is 1.94 bits per heavy atom. The molecule has 0 saturated heterocycles. The van der Waals surface area contributed by atoms with Crippen LogP contribution in [0.2, 0.25) is 0 Å². The third-order valence-electron chi connectivity index (χ3n) is 1.98. The van der Waals surface area contributed by atoms with E-state index in [1.54, 1.807) is 26.8 Å². The first kappa shape index (κ1) is 17.4. The summed E-state index contributed by atoms with van der Waals surface area (Å²) in [5.41, 5.74) is -0.143. The Kier molecular flexibility index (Phi) is 8.16. The molecule has 0 heterocycles. The Labute approximate surface area is 109 Å². The fraction of sp³-hybridized carbons (Fsp3) is 0.750. The summed E-state index contributed by atoms with van der Waals surface area (Å²) < 4.78 is 27.9. The molecule has 0 spiro atoms. The first-order valence-electron chi connectivity index (χ1n) is 6.11. The van der Waals surface area contributed by atoms with Gasteiger partial charge >= 0.3 is 13.6 Å². The number of allylic oxidation sites excluding steroid dienone is 1. The number of carbonyl (C=O) groups excluding carboxylic acids is 1. The second-order valence-electron chi connectivity index (χ2n) is 3.82. The molecular formula is C12H23O5P. The second-order valence-corrected chi connectivity index (χ2v) is 5.97. The van der Waals surface area contributed by atoms with Gasteiger partial charge in [0.25, 0.3) is 0 Å². The monoisotopic (exact) mass is 278 g/mol. The van der Waals surface area contributed by atoms with Gasteiger partial charge in [0.2, 0.25) is 0 Å². The molecule has 18 heavy (non-hydrogen) atoms. The third-order valence-corrected chi connectivity index (χ3v) is 4.26. The van der Waals surface area contributed by atoms with E-state index in [2.05, 4.69) is 0 Å². The Bertz CT molecular complexity index is 323. The van der Waals surface area contributed by atoms with Crippen LogP contribution < -0.4 is 0 Å². The molecule has 0 rings (SSSR count). The van der Waals surface area contributed by atoms with Crippen LogP contribution in [0.5, 0.6) is 0 Å². The predicted octanol–water partition coefficient (Wildman–Crippen LogP) is 3.15. The van der Waals surface area contributed by atoms with Crippen LogP contribution in [-0.2, 0) is 23.1 Å². The van der Waals surface area contributed by atoms with Crippen molar-refractivity contribution in [3.63, 3.8) is 0 Å². The molecule has 0 fully saturated rings. The van der Waals surface area contributed by atoms with Crippen LogP contribution in [-0.4, -0.2) is 31.4 Å². The quantitative estimate of drug-likeness (QED) is 0.388. The standard InChI is InChI=1S/C12H23O5P/c1-6-15-12(13)11(9-10(4)5)18(14,16-7-2)17-8-3/h9,11H,6-8H2,1-5H3. The molecule has 0 aliphatic heterocycles. The van der Waals surface area contributed by atoms with Gasteiger partial charge in [-0.2, -0.15) is 0 Å². The van der Waals surface area contributed by atoms with E-state index < -0.39 is 19.2 Å². The van der Waals surface area contributed by atoms with Gasteiger partial charge in [-0.25, -0.2) is 0 Å². The van der Waals surface area contributed by atoms with Crippen molar-refractivity contribution < 1.29 is 23.1 Å². The van der Waals surface area contributed by atoms with E-state index in [0.717, 1.165) is 5.57 Å². The molecule has 1 atom stereocenters. The van der Waals surface area contributed by atoms with Crippen molar-refractivity contribution in [2.24, 2.45) is 0 Å². The van der Waals surface area contributed by atoms with Gasteiger partial charge in [-0.05, 0) is 34.6 Å². The topological polar surface area (TPSA) is 61.8 Å². The second kappa shape index (κ2) is 8.46. The van der Waals surface area contributed by atoms with E-state index in [-0.39, 0.29) is 19.8 Å². The van der Waals surface area contributed by atoms with Crippen LogP contribution in [0.1, 0.15) is 34.6 Å². The Hall–Kier alpha value is -0.640. The smallest absolute Gasteiger partial charge is 0.348 e. The maximum atomic E-state index is 12.6. The molecule has 0 aliphatic rings. The van der Waals surface area contributed by atoms with E-state index >= 15 is 0 Å². The van der Waals surface area contributed by atoms with E-state index in [4.69, 9.17) is 13.8 Å². The SMILES string of the molecule is CCOC(=O)C(C=C(C)C)P(=O)(OCC)OCC. The predicted molar refractivity (Wildman–Crippen MR) is 70.7 cm³/mol. The number of hydrogen-bond donors (Lipinski definition) is 0. The summed E-state index contributed by atoms with van der Waals surface area (Å²) in [6.07, 6.45) is 1.57. The zero-order chi connectivity index (χ0) is 14.2. The minimum Gasteiger partial charge on any atom is -0.465 e. The summed E-state index contributed by atoms with van der Waals surface area (Å²) in [5, 5.41) is 0. The summed E-state index contributed by atoms with van der Waals surface area (Å²) in [6.45, 7) is 9.39. The molecule has 0 aromatic heterocycles. The molecule has 1 unspecified atom stereocenters. The van der Waals surface area contributed by atoms with Crippen molar-refractivity contribution in [3.8, 4) is 0 Å². The van der Waals surface area contributed by atoms with Gasteiger partial charge in [-0.3, -0.25) is 9.36 Å². The zero-order valence-corrected chi connectivity index (χ0v) is 12.7. The highest BCUT2D eigenvalue weighted by Crippen LogP contribution is 2.54. The van der Waals surface area contributed by atoms with Crippen molar-refractivity contribution in [2.75, 3.05) is 19.8 Å². The number of rotatable bonds is 8. The fourth-order valence-corrected chi connectivity index (χ4v) is 3.32. The summed E-state index contributed by atoms with van der Waals surface area (Å²) >= 11 is 0. The molecule has 0 aromatic rings. The van der Waals surface area contributed by atoms with Crippen molar-refractivity contribution >= 4 is 13.6 Å². The molecule has 106 valence electrons. The van der Waals surface area contributed by atoms with E-state index in [1.807, 2.05) is 13.8 Å². The lowest BCUT2D eigenvalue weighted by atomic mass is 10.2. The summed E-state index contributed by atoms with van der Waals surface area (Å²) in [7, 11) is -3.52. The van der Waals surface area contributed by atoms with Crippen LogP contribution in [0.4, 0.5) is 0 Å². The molecule has 0 N–H and O–H groups in total. The van der Waals surface area contributed by atoms with E-state index in [1.165, 1.54) is 0 Å². The van der Waals surface area contributed by atoms with Crippen LogP contribution in [0, 0.1) is 0 Å². The van der Waals surface area contributed by atoms with Gasteiger partial charge in [0.05, 0.1) is 19.8 Å². The molecule has 5 nitrogen and oxygen atoms in total. The normalized spacial score (nSPS) is 12.9. The molecule has 0 amide bonds. The Morgan fingerprint density at radius 1 is 1.11 bits per heavy atom. The molecule has 0 radical (unpaired) electrons. The van der Waals surface area contributed by atoms with Crippen molar-refractivity contribution in [2.45, 2.75) is 40.3 Å². The number of hydrogen-bond acceptors (Lipinski definition) is 5. The minimum atomic E-state index is -3.52. The maximum Gasteiger partial charge on any atom is 0.348 e. The van der Waals surface area contributed by atoms with Gasteiger partial charge < -0.3 is 13.8 Å². The number of ether oxygens (including phenoxy) is 1. The minimum absolute atomic E-state index is 0.212. The maximum absolute atomic E-state index is 12.6. The summed E-state index contributed by atoms with van der Waals surface area (Å²) in [4.78, 5) is 11.9. The van der Waals surface area contributed by atoms with E-state index in [9.17, 15) is 9.36 Å². The highest BCUT2D eigenvalue weighted by molar-refractivity contribution is 7.56. The van der Waals surface area contributed by atoms with Crippen molar-refractivity contribution in [1.82, 2.24) is 0 Å². The molecule has 6 heteroatoms. The Morgan fingerprint density at radius 2 is 1.61 bits per heavy atom. The Balaban J connectivity index is 5.29.